The maximum Gasteiger partial charge on any atom is 0.222 e. The molecular weight excluding hydrogens is 212 g/mol. The quantitative estimate of drug-likeness (QED) is 0.767. The molecule has 1 aromatic rings. The number of nitrogens with two attached hydrogens (primary N) is 1. The molecule has 94 valence electrons. The summed E-state index contributed by atoms with van der Waals surface area (Å²) in [5.74, 6) is 1.39. The van der Waals surface area contributed by atoms with Gasteiger partial charge in [0, 0.05) is 24.4 Å². The maximum atomic E-state index is 5.46. The zero-order chi connectivity index (χ0) is 11.9. The molecule has 0 radical (unpaired) electrons. The van der Waals surface area contributed by atoms with Gasteiger partial charge in [-0.1, -0.05) is 19.3 Å². The van der Waals surface area contributed by atoms with E-state index in [-0.39, 0.29) is 0 Å². The minimum absolute atomic E-state index is 0.641. The summed E-state index contributed by atoms with van der Waals surface area (Å²) in [6, 6.07) is 2.06. The van der Waals surface area contributed by atoms with Gasteiger partial charge in [-0.05, 0) is 31.9 Å². The van der Waals surface area contributed by atoms with E-state index in [2.05, 4.69) is 21.4 Å². The van der Waals surface area contributed by atoms with E-state index in [1.54, 1.807) is 0 Å². The van der Waals surface area contributed by atoms with Gasteiger partial charge in [-0.3, -0.25) is 0 Å². The fourth-order valence-electron chi connectivity index (χ4n) is 2.39. The molecule has 0 amide bonds. The molecule has 0 bridgehead atoms. The molecule has 1 aliphatic rings. The molecule has 1 aliphatic carbocycles. The van der Waals surface area contributed by atoms with E-state index in [1.165, 1.54) is 37.8 Å². The molecular formula is C13H22N4. The predicted molar refractivity (Wildman–Crippen MR) is 70.0 cm³/mol. The molecule has 2 rings (SSSR count). The first kappa shape index (κ1) is 12.3. The van der Waals surface area contributed by atoms with Crippen molar-refractivity contribution in [2.45, 2.75) is 44.4 Å². The summed E-state index contributed by atoms with van der Waals surface area (Å²) in [5, 5.41) is 3.22. The second-order valence-corrected chi connectivity index (χ2v) is 4.71. The highest BCUT2D eigenvalue weighted by Crippen LogP contribution is 2.31. The Labute approximate surface area is 103 Å². The monoisotopic (exact) mass is 234 g/mol. The van der Waals surface area contributed by atoms with Crippen molar-refractivity contribution >= 4 is 5.95 Å². The molecule has 0 atom stereocenters. The van der Waals surface area contributed by atoms with Gasteiger partial charge in [-0.15, -0.1) is 0 Å². The fraction of sp³-hybridized carbons (Fsp3) is 0.692. The second-order valence-electron chi connectivity index (χ2n) is 4.71. The van der Waals surface area contributed by atoms with Crippen LogP contribution in [-0.2, 0) is 0 Å². The minimum Gasteiger partial charge on any atom is -0.354 e. The number of nitrogens with zero attached hydrogens (tertiary/aromatic N) is 2. The van der Waals surface area contributed by atoms with Crippen LogP contribution in [0, 0.1) is 0 Å². The fourth-order valence-corrected chi connectivity index (χ4v) is 2.39. The molecule has 4 nitrogen and oxygen atoms in total. The van der Waals surface area contributed by atoms with Crippen LogP contribution in [0.1, 0.15) is 50.1 Å². The molecule has 1 fully saturated rings. The van der Waals surface area contributed by atoms with E-state index in [4.69, 9.17) is 5.73 Å². The van der Waals surface area contributed by atoms with Crippen LogP contribution in [-0.4, -0.2) is 23.1 Å². The average molecular weight is 234 g/mol. The van der Waals surface area contributed by atoms with Crippen LogP contribution in [0.3, 0.4) is 0 Å². The van der Waals surface area contributed by atoms with Gasteiger partial charge < -0.3 is 11.1 Å². The highest BCUT2D eigenvalue weighted by molar-refractivity contribution is 5.26. The summed E-state index contributed by atoms with van der Waals surface area (Å²) < 4.78 is 0. The van der Waals surface area contributed by atoms with Crippen molar-refractivity contribution in [1.29, 1.82) is 0 Å². The summed E-state index contributed by atoms with van der Waals surface area (Å²) in [4.78, 5) is 8.85. The van der Waals surface area contributed by atoms with E-state index in [9.17, 15) is 0 Å². The smallest absolute Gasteiger partial charge is 0.222 e. The van der Waals surface area contributed by atoms with Crippen molar-refractivity contribution in [3.8, 4) is 0 Å². The third kappa shape index (κ3) is 3.66. The lowest BCUT2D eigenvalue weighted by Gasteiger charge is -2.21. The number of aromatic nitrogens is 2. The lowest BCUT2D eigenvalue weighted by Crippen LogP contribution is -2.12. The van der Waals surface area contributed by atoms with Gasteiger partial charge >= 0.3 is 0 Å². The number of nitrogens with one attached hydrogen (secondary N) is 1. The zero-order valence-corrected chi connectivity index (χ0v) is 10.4. The van der Waals surface area contributed by atoms with E-state index < -0.39 is 0 Å². The average Bonchev–Trinajstić information content (AvgIpc) is 2.41. The van der Waals surface area contributed by atoms with Crippen LogP contribution in [0.2, 0.25) is 0 Å². The van der Waals surface area contributed by atoms with Crippen LogP contribution in [0.15, 0.2) is 12.3 Å². The normalized spacial score (nSPS) is 17.0. The van der Waals surface area contributed by atoms with Crippen LogP contribution >= 0.6 is 0 Å². The topological polar surface area (TPSA) is 63.8 Å². The van der Waals surface area contributed by atoms with Crippen molar-refractivity contribution in [3.05, 3.63) is 18.0 Å². The molecule has 0 unspecified atom stereocenters. The van der Waals surface area contributed by atoms with E-state index in [1.807, 2.05) is 6.20 Å². The highest BCUT2D eigenvalue weighted by Gasteiger charge is 2.16. The first-order valence-corrected chi connectivity index (χ1v) is 6.67. The van der Waals surface area contributed by atoms with Gasteiger partial charge in [0.15, 0.2) is 0 Å². The Kier molecular flexibility index (Phi) is 4.74. The van der Waals surface area contributed by atoms with Gasteiger partial charge in [0.25, 0.3) is 0 Å². The number of hydrogen-bond donors (Lipinski definition) is 2. The summed E-state index contributed by atoms with van der Waals surface area (Å²) in [5.41, 5.74) is 6.66. The van der Waals surface area contributed by atoms with Crippen molar-refractivity contribution in [3.63, 3.8) is 0 Å². The minimum atomic E-state index is 0.641. The third-order valence-electron chi connectivity index (χ3n) is 3.36. The molecule has 3 N–H and O–H groups in total. The molecule has 0 aromatic carbocycles. The van der Waals surface area contributed by atoms with E-state index in [0.717, 1.165) is 18.9 Å². The largest absolute Gasteiger partial charge is 0.354 e. The second kappa shape index (κ2) is 6.55. The van der Waals surface area contributed by atoms with Crippen LogP contribution in [0.4, 0.5) is 5.95 Å². The molecule has 0 saturated heterocycles. The molecule has 17 heavy (non-hydrogen) atoms. The number of rotatable bonds is 5. The van der Waals surface area contributed by atoms with Gasteiger partial charge in [0.2, 0.25) is 5.95 Å². The molecule has 0 aliphatic heterocycles. The van der Waals surface area contributed by atoms with Crippen molar-refractivity contribution < 1.29 is 0 Å². The summed E-state index contributed by atoms with van der Waals surface area (Å²) in [7, 11) is 0. The van der Waals surface area contributed by atoms with E-state index >= 15 is 0 Å². The van der Waals surface area contributed by atoms with Gasteiger partial charge in [-0.25, -0.2) is 9.97 Å². The molecule has 1 heterocycles. The van der Waals surface area contributed by atoms with Gasteiger partial charge in [0.1, 0.15) is 0 Å². The molecule has 4 heteroatoms. The van der Waals surface area contributed by atoms with Crippen molar-refractivity contribution in [2.24, 2.45) is 5.73 Å². The van der Waals surface area contributed by atoms with Gasteiger partial charge in [0.05, 0.1) is 0 Å². The lowest BCUT2D eigenvalue weighted by atomic mass is 9.87. The summed E-state index contributed by atoms with van der Waals surface area (Å²) in [6.07, 6.45) is 9.43. The third-order valence-corrected chi connectivity index (χ3v) is 3.36. The Hall–Kier alpha value is -1.16. The Morgan fingerprint density at radius 1 is 1.29 bits per heavy atom. The van der Waals surface area contributed by atoms with Crippen LogP contribution < -0.4 is 11.1 Å². The summed E-state index contributed by atoms with van der Waals surface area (Å²) in [6.45, 7) is 1.56. The SMILES string of the molecule is NCCCNc1nccc(C2CCCCC2)n1. The first-order chi connectivity index (χ1) is 8.40. The van der Waals surface area contributed by atoms with Crippen molar-refractivity contribution in [1.82, 2.24) is 9.97 Å². The standard InChI is InChI=1S/C13H22N4/c14-8-4-9-15-13-16-10-7-12(17-13)11-5-2-1-3-6-11/h7,10-11H,1-6,8-9,14H2,(H,15,16,17). The lowest BCUT2D eigenvalue weighted by molar-refractivity contribution is 0.436. The van der Waals surface area contributed by atoms with E-state index in [0.29, 0.717) is 12.5 Å². The number of hydrogen-bond acceptors (Lipinski definition) is 4. The Morgan fingerprint density at radius 3 is 2.88 bits per heavy atom. The molecule has 1 aromatic heterocycles. The number of anilines is 1. The zero-order valence-electron chi connectivity index (χ0n) is 10.4. The van der Waals surface area contributed by atoms with Crippen molar-refractivity contribution in [2.75, 3.05) is 18.4 Å². The Morgan fingerprint density at radius 2 is 2.12 bits per heavy atom. The van der Waals surface area contributed by atoms with Crippen LogP contribution in [0.5, 0.6) is 0 Å². The first-order valence-electron chi connectivity index (χ1n) is 6.67. The Balaban J connectivity index is 1.95. The highest BCUT2D eigenvalue weighted by atomic mass is 15.1. The van der Waals surface area contributed by atoms with Crippen LogP contribution in [0.25, 0.3) is 0 Å². The predicted octanol–water partition coefficient (Wildman–Crippen LogP) is 2.29. The molecule has 1 saturated carbocycles. The molecule has 0 spiro atoms. The van der Waals surface area contributed by atoms with Gasteiger partial charge in [-0.2, -0.15) is 0 Å². The Bertz CT molecular complexity index is 334. The maximum absolute atomic E-state index is 5.46. The summed E-state index contributed by atoms with van der Waals surface area (Å²) >= 11 is 0.